The van der Waals surface area contributed by atoms with E-state index in [1.807, 2.05) is 6.07 Å². The molecule has 1 saturated heterocycles. The van der Waals surface area contributed by atoms with Crippen LogP contribution in [0.15, 0.2) is 42.5 Å². The molecule has 0 saturated carbocycles. The molecule has 1 fully saturated rings. The van der Waals surface area contributed by atoms with Gasteiger partial charge in [-0.05, 0) is 60.6 Å². The van der Waals surface area contributed by atoms with Gasteiger partial charge >= 0.3 is 0 Å². The zero-order chi connectivity index (χ0) is 18.9. The lowest BCUT2D eigenvalue weighted by Gasteiger charge is -2.15. The first-order valence-corrected chi connectivity index (χ1v) is 11.2. The van der Waals surface area contributed by atoms with E-state index in [-0.39, 0.29) is 6.10 Å². The maximum atomic E-state index is 12.9. The number of hydrogen-bond donors (Lipinski definition) is 1. The van der Waals surface area contributed by atoms with E-state index in [9.17, 15) is 9.46 Å². The average Bonchev–Trinajstić information content (AvgIpc) is 3.36. The number of ether oxygens (including phenoxy) is 1. The van der Waals surface area contributed by atoms with Gasteiger partial charge in [-0.3, -0.25) is 4.57 Å². The monoisotopic (exact) mass is 372 g/mol. The van der Waals surface area contributed by atoms with Gasteiger partial charge in [-0.15, -0.1) is 0 Å². The number of epoxide rings is 1. The van der Waals surface area contributed by atoms with Crippen LogP contribution >= 0.6 is 7.37 Å². The summed E-state index contributed by atoms with van der Waals surface area (Å²) in [7, 11) is -3.53. The molecule has 0 aromatic heterocycles. The van der Waals surface area contributed by atoms with Crippen LogP contribution in [0.4, 0.5) is 0 Å². The highest BCUT2D eigenvalue weighted by Gasteiger charge is 2.54. The predicted octanol–water partition coefficient (Wildman–Crippen LogP) is 5.28. The normalized spacial score (nSPS) is 22.7. The fourth-order valence-electron chi connectivity index (χ4n) is 4.00. The summed E-state index contributed by atoms with van der Waals surface area (Å²) in [6, 6.07) is 13.3. The van der Waals surface area contributed by atoms with Crippen molar-refractivity contribution in [1.29, 1.82) is 0 Å². The Morgan fingerprint density at radius 3 is 2.35 bits per heavy atom. The molecule has 26 heavy (non-hydrogen) atoms. The van der Waals surface area contributed by atoms with Crippen LogP contribution in [0, 0.1) is 19.8 Å². The molecular weight excluding hydrogens is 343 g/mol. The Bertz CT molecular complexity index is 792. The SMILES string of the molecule is CCCC(C)Cc1cc(C)c(C2OC2P(=O)(O)c2ccccc2)c(C)c1. The molecule has 0 bridgehead atoms. The second-order valence-corrected chi connectivity index (χ2v) is 9.92. The van der Waals surface area contributed by atoms with Gasteiger partial charge in [-0.1, -0.05) is 57.0 Å². The fraction of sp³-hybridized carbons (Fsp3) is 0.455. The molecule has 1 N–H and O–H groups in total. The minimum absolute atomic E-state index is 0.284. The van der Waals surface area contributed by atoms with E-state index in [0.717, 1.165) is 23.1 Å². The van der Waals surface area contributed by atoms with Crippen LogP contribution in [0.1, 0.15) is 55.0 Å². The lowest BCUT2D eigenvalue weighted by Crippen LogP contribution is -2.09. The van der Waals surface area contributed by atoms with Crippen molar-refractivity contribution in [3.63, 3.8) is 0 Å². The highest BCUT2D eigenvalue weighted by atomic mass is 31.2. The van der Waals surface area contributed by atoms with E-state index < -0.39 is 13.2 Å². The van der Waals surface area contributed by atoms with E-state index in [1.165, 1.54) is 18.4 Å². The van der Waals surface area contributed by atoms with Crippen LogP contribution in [0.3, 0.4) is 0 Å². The second kappa shape index (κ2) is 7.68. The molecule has 4 atom stereocenters. The van der Waals surface area contributed by atoms with Crippen molar-refractivity contribution in [3.8, 4) is 0 Å². The van der Waals surface area contributed by atoms with Gasteiger partial charge in [0.25, 0.3) is 7.37 Å². The standard InChI is InChI=1S/C22H29O3P/c1-5-9-15(2)12-18-13-16(3)20(17(4)14-18)21-22(25-21)26(23,24)19-10-7-6-8-11-19/h6-8,10-11,13-15,21-22H,5,9,12H2,1-4H3,(H,23,24). The summed E-state index contributed by atoms with van der Waals surface area (Å²) >= 11 is 0. The second-order valence-electron chi connectivity index (χ2n) is 7.65. The fourth-order valence-corrected chi connectivity index (χ4v) is 5.70. The molecule has 1 heterocycles. The molecule has 1 aliphatic heterocycles. The minimum atomic E-state index is -3.53. The lowest BCUT2D eigenvalue weighted by atomic mass is 9.91. The Hall–Kier alpha value is -1.41. The largest absolute Gasteiger partial charge is 0.353 e. The first-order valence-electron chi connectivity index (χ1n) is 9.48. The van der Waals surface area contributed by atoms with Crippen LogP contribution < -0.4 is 5.30 Å². The number of rotatable bonds is 7. The third-order valence-electron chi connectivity index (χ3n) is 5.24. The summed E-state index contributed by atoms with van der Waals surface area (Å²) in [5.41, 5.74) is 4.73. The molecule has 3 nitrogen and oxygen atoms in total. The number of hydrogen-bond acceptors (Lipinski definition) is 2. The quantitative estimate of drug-likeness (QED) is 0.532. The van der Waals surface area contributed by atoms with Crippen LogP contribution in [0.5, 0.6) is 0 Å². The third-order valence-corrected chi connectivity index (χ3v) is 7.36. The molecular formula is C22H29O3P. The smallest absolute Gasteiger partial charge is 0.260 e. The maximum Gasteiger partial charge on any atom is 0.260 e. The summed E-state index contributed by atoms with van der Waals surface area (Å²) in [4.78, 5) is 10.6. The zero-order valence-corrected chi connectivity index (χ0v) is 17.0. The van der Waals surface area contributed by atoms with E-state index in [4.69, 9.17) is 4.74 Å². The number of benzene rings is 2. The molecule has 4 unspecified atom stereocenters. The molecule has 2 aromatic rings. The third kappa shape index (κ3) is 3.96. The molecule has 1 aliphatic rings. The molecule has 4 heteroatoms. The van der Waals surface area contributed by atoms with Crippen molar-refractivity contribution < 1.29 is 14.2 Å². The van der Waals surface area contributed by atoms with Crippen LogP contribution in [-0.4, -0.2) is 10.7 Å². The highest BCUT2D eigenvalue weighted by molar-refractivity contribution is 7.66. The summed E-state index contributed by atoms with van der Waals surface area (Å²) in [6.45, 7) is 8.68. The van der Waals surface area contributed by atoms with E-state index in [1.54, 1.807) is 24.3 Å². The number of aryl methyl sites for hydroxylation is 2. The lowest BCUT2D eigenvalue weighted by molar-refractivity contribution is 0.385. The Morgan fingerprint density at radius 2 is 1.77 bits per heavy atom. The summed E-state index contributed by atoms with van der Waals surface area (Å²) in [5, 5.41) is 0.466. The molecule has 0 spiro atoms. The van der Waals surface area contributed by atoms with Crippen molar-refractivity contribution in [1.82, 2.24) is 0 Å². The predicted molar refractivity (Wildman–Crippen MR) is 107 cm³/mol. The Morgan fingerprint density at radius 1 is 1.15 bits per heavy atom. The molecule has 3 rings (SSSR count). The molecule has 0 amide bonds. The van der Waals surface area contributed by atoms with Gasteiger partial charge in [0.15, 0.2) is 5.85 Å². The highest BCUT2D eigenvalue weighted by Crippen LogP contribution is 2.62. The Labute approximate surface area is 156 Å². The minimum Gasteiger partial charge on any atom is -0.353 e. The molecule has 0 radical (unpaired) electrons. The van der Waals surface area contributed by atoms with Gasteiger partial charge in [0, 0.05) is 5.30 Å². The van der Waals surface area contributed by atoms with Crippen molar-refractivity contribution >= 4 is 12.7 Å². The van der Waals surface area contributed by atoms with Gasteiger partial charge in [0.2, 0.25) is 0 Å². The Balaban J connectivity index is 1.80. The maximum absolute atomic E-state index is 12.9. The summed E-state index contributed by atoms with van der Waals surface area (Å²) < 4.78 is 18.6. The topological polar surface area (TPSA) is 49.8 Å². The molecule has 0 aliphatic carbocycles. The van der Waals surface area contributed by atoms with Crippen molar-refractivity contribution in [3.05, 3.63) is 64.7 Å². The van der Waals surface area contributed by atoms with Gasteiger partial charge in [-0.2, -0.15) is 0 Å². The van der Waals surface area contributed by atoms with Crippen LogP contribution in [-0.2, 0) is 15.7 Å². The molecule has 140 valence electrons. The first-order chi connectivity index (χ1) is 12.3. The van der Waals surface area contributed by atoms with Crippen molar-refractivity contribution in [2.75, 3.05) is 0 Å². The van der Waals surface area contributed by atoms with Gasteiger partial charge in [0.05, 0.1) is 0 Å². The van der Waals surface area contributed by atoms with Crippen molar-refractivity contribution in [2.24, 2.45) is 5.92 Å². The van der Waals surface area contributed by atoms with Gasteiger partial charge in [-0.25, -0.2) is 0 Å². The zero-order valence-electron chi connectivity index (χ0n) is 16.1. The Kier molecular flexibility index (Phi) is 5.72. The van der Waals surface area contributed by atoms with E-state index in [0.29, 0.717) is 11.2 Å². The molecule has 2 aromatic carbocycles. The summed E-state index contributed by atoms with van der Waals surface area (Å²) in [6.07, 6.45) is 3.24. The average molecular weight is 372 g/mol. The van der Waals surface area contributed by atoms with Crippen LogP contribution in [0.2, 0.25) is 0 Å². The van der Waals surface area contributed by atoms with Crippen molar-refractivity contribution in [2.45, 2.75) is 58.9 Å². The first kappa shape index (κ1) is 19.4. The van der Waals surface area contributed by atoms with Gasteiger partial charge < -0.3 is 9.63 Å². The van der Waals surface area contributed by atoms with Gasteiger partial charge in [0.1, 0.15) is 6.10 Å². The van der Waals surface area contributed by atoms with E-state index >= 15 is 0 Å². The van der Waals surface area contributed by atoms with E-state index in [2.05, 4.69) is 39.8 Å². The van der Waals surface area contributed by atoms with Crippen LogP contribution in [0.25, 0.3) is 0 Å². The summed E-state index contributed by atoms with van der Waals surface area (Å²) in [5.74, 6) is 0.0393.